The SMILES string of the molecule is ClCCNc1ncccc1Cl. The van der Waals surface area contributed by atoms with Crippen LogP contribution in [0.2, 0.25) is 5.02 Å². The topological polar surface area (TPSA) is 24.9 Å². The fourth-order valence-corrected chi connectivity index (χ4v) is 0.964. The van der Waals surface area contributed by atoms with Crippen LogP contribution in [0, 0.1) is 0 Å². The van der Waals surface area contributed by atoms with Crippen molar-refractivity contribution in [1.82, 2.24) is 4.98 Å². The normalized spacial score (nSPS) is 9.64. The molecule has 1 aromatic rings. The fourth-order valence-electron chi connectivity index (χ4n) is 0.681. The molecule has 0 radical (unpaired) electrons. The van der Waals surface area contributed by atoms with Gasteiger partial charge in [-0.2, -0.15) is 0 Å². The summed E-state index contributed by atoms with van der Waals surface area (Å²) < 4.78 is 0. The van der Waals surface area contributed by atoms with Crippen LogP contribution in [0.5, 0.6) is 0 Å². The number of nitrogens with zero attached hydrogens (tertiary/aromatic N) is 1. The van der Waals surface area contributed by atoms with Gasteiger partial charge in [-0.15, -0.1) is 11.6 Å². The number of alkyl halides is 1. The van der Waals surface area contributed by atoms with Crippen molar-refractivity contribution in [2.75, 3.05) is 17.7 Å². The highest BCUT2D eigenvalue weighted by Crippen LogP contribution is 2.16. The Morgan fingerprint density at radius 1 is 1.55 bits per heavy atom. The molecule has 1 rings (SSSR count). The lowest BCUT2D eigenvalue weighted by Gasteiger charge is -2.03. The average Bonchev–Trinajstić information content (AvgIpc) is 2.03. The maximum absolute atomic E-state index is 5.79. The van der Waals surface area contributed by atoms with Crippen molar-refractivity contribution in [2.24, 2.45) is 0 Å². The van der Waals surface area contributed by atoms with Crippen LogP contribution in [0.4, 0.5) is 5.82 Å². The first-order valence-corrected chi connectivity index (χ1v) is 4.16. The molecule has 60 valence electrons. The van der Waals surface area contributed by atoms with Crippen LogP contribution in [0.3, 0.4) is 0 Å². The number of aromatic nitrogens is 1. The van der Waals surface area contributed by atoms with Crippen LogP contribution in [-0.2, 0) is 0 Å². The summed E-state index contributed by atoms with van der Waals surface area (Å²) in [5, 5.41) is 3.61. The average molecular weight is 191 g/mol. The summed E-state index contributed by atoms with van der Waals surface area (Å²) in [4.78, 5) is 4.01. The van der Waals surface area contributed by atoms with Gasteiger partial charge in [0, 0.05) is 18.6 Å². The highest BCUT2D eigenvalue weighted by molar-refractivity contribution is 6.32. The minimum absolute atomic E-state index is 0.549. The standard InChI is InChI=1S/C7H8Cl2N2/c8-3-5-11-7-6(9)2-1-4-10-7/h1-2,4H,3,5H2,(H,10,11). The second kappa shape index (κ2) is 4.42. The van der Waals surface area contributed by atoms with Crippen molar-refractivity contribution >= 4 is 29.0 Å². The molecule has 0 bridgehead atoms. The third-order valence-electron chi connectivity index (χ3n) is 1.15. The van der Waals surface area contributed by atoms with E-state index in [1.165, 1.54) is 0 Å². The quantitative estimate of drug-likeness (QED) is 0.742. The van der Waals surface area contributed by atoms with Gasteiger partial charge in [-0.1, -0.05) is 11.6 Å². The fraction of sp³-hybridized carbons (Fsp3) is 0.286. The molecule has 2 nitrogen and oxygen atoms in total. The Kier molecular flexibility index (Phi) is 3.46. The van der Waals surface area contributed by atoms with Gasteiger partial charge < -0.3 is 5.32 Å². The molecule has 0 aromatic carbocycles. The van der Waals surface area contributed by atoms with Gasteiger partial charge in [0.05, 0.1) is 5.02 Å². The third kappa shape index (κ3) is 2.56. The van der Waals surface area contributed by atoms with Crippen LogP contribution in [0.1, 0.15) is 0 Å². The van der Waals surface area contributed by atoms with E-state index in [1.54, 1.807) is 18.3 Å². The number of anilines is 1. The molecule has 0 atom stereocenters. The van der Waals surface area contributed by atoms with Crippen molar-refractivity contribution in [1.29, 1.82) is 0 Å². The maximum Gasteiger partial charge on any atom is 0.144 e. The Labute approximate surface area is 75.5 Å². The van der Waals surface area contributed by atoms with Gasteiger partial charge in [-0.05, 0) is 12.1 Å². The maximum atomic E-state index is 5.79. The highest BCUT2D eigenvalue weighted by Gasteiger charge is 1.96. The van der Waals surface area contributed by atoms with Crippen molar-refractivity contribution in [3.8, 4) is 0 Å². The molecule has 1 heterocycles. The van der Waals surface area contributed by atoms with E-state index in [0.717, 1.165) is 0 Å². The van der Waals surface area contributed by atoms with Crippen LogP contribution in [-0.4, -0.2) is 17.4 Å². The van der Waals surface area contributed by atoms with Gasteiger partial charge in [0.15, 0.2) is 0 Å². The largest absolute Gasteiger partial charge is 0.368 e. The van der Waals surface area contributed by atoms with Crippen LogP contribution in [0.15, 0.2) is 18.3 Å². The zero-order valence-electron chi connectivity index (χ0n) is 5.85. The molecule has 0 fully saturated rings. The van der Waals surface area contributed by atoms with Gasteiger partial charge in [0.1, 0.15) is 5.82 Å². The van der Waals surface area contributed by atoms with E-state index in [0.29, 0.717) is 23.3 Å². The van der Waals surface area contributed by atoms with E-state index < -0.39 is 0 Å². The Morgan fingerprint density at radius 3 is 3.00 bits per heavy atom. The van der Waals surface area contributed by atoms with E-state index in [4.69, 9.17) is 23.2 Å². The smallest absolute Gasteiger partial charge is 0.144 e. The van der Waals surface area contributed by atoms with Crippen LogP contribution in [0.25, 0.3) is 0 Å². The zero-order valence-corrected chi connectivity index (χ0v) is 7.36. The minimum Gasteiger partial charge on any atom is -0.368 e. The third-order valence-corrected chi connectivity index (χ3v) is 1.64. The summed E-state index contributed by atoms with van der Waals surface area (Å²) in [6, 6.07) is 3.57. The molecule has 0 saturated carbocycles. The van der Waals surface area contributed by atoms with E-state index in [-0.39, 0.29) is 0 Å². The lowest BCUT2D eigenvalue weighted by atomic mass is 10.4. The number of pyridine rings is 1. The predicted octanol–water partition coefficient (Wildman–Crippen LogP) is 2.39. The zero-order chi connectivity index (χ0) is 8.10. The number of hydrogen-bond donors (Lipinski definition) is 1. The van der Waals surface area contributed by atoms with Gasteiger partial charge in [0.2, 0.25) is 0 Å². The molecular formula is C7H8Cl2N2. The second-order valence-electron chi connectivity index (χ2n) is 1.95. The lowest BCUT2D eigenvalue weighted by molar-refractivity contribution is 1.17. The molecule has 1 aromatic heterocycles. The molecule has 11 heavy (non-hydrogen) atoms. The molecule has 4 heteroatoms. The summed E-state index contributed by atoms with van der Waals surface area (Å²) in [5.74, 6) is 1.24. The van der Waals surface area contributed by atoms with Crippen LogP contribution < -0.4 is 5.32 Å². The highest BCUT2D eigenvalue weighted by atomic mass is 35.5. The van der Waals surface area contributed by atoms with E-state index in [9.17, 15) is 0 Å². The van der Waals surface area contributed by atoms with Gasteiger partial charge >= 0.3 is 0 Å². The molecule has 1 N–H and O–H groups in total. The lowest BCUT2D eigenvalue weighted by Crippen LogP contribution is -2.04. The number of rotatable bonds is 3. The summed E-state index contributed by atoms with van der Waals surface area (Å²) >= 11 is 11.3. The van der Waals surface area contributed by atoms with Gasteiger partial charge in [-0.3, -0.25) is 0 Å². The van der Waals surface area contributed by atoms with Crippen molar-refractivity contribution in [2.45, 2.75) is 0 Å². The molecule has 0 aliphatic heterocycles. The molecule has 0 spiro atoms. The van der Waals surface area contributed by atoms with Gasteiger partial charge in [0.25, 0.3) is 0 Å². The second-order valence-corrected chi connectivity index (χ2v) is 2.73. The van der Waals surface area contributed by atoms with E-state index in [1.807, 2.05) is 0 Å². The molecular weight excluding hydrogens is 183 g/mol. The van der Waals surface area contributed by atoms with Crippen molar-refractivity contribution < 1.29 is 0 Å². The molecule has 0 amide bonds. The van der Waals surface area contributed by atoms with Crippen molar-refractivity contribution in [3.05, 3.63) is 23.4 Å². The summed E-state index contributed by atoms with van der Waals surface area (Å²) in [7, 11) is 0. The summed E-state index contributed by atoms with van der Waals surface area (Å²) in [5.41, 5.74) is 0. The first-order chi connectivity index (χ1) is 5.34. The van der Waals surface area contributed by atoms with E-state index >= 15 is 0 Å². The first-order valence-electron chi connectivity index (χ1n) is 3.25. The van der Waals surface area contributed by atoms with Gasteiger partial charge in [-0.25, -0.2) is 4.98 Å². The van der Waals surface area contributed by atoms with E-state index in [2.05, 4.69) is 10.3 Å². The van der Waals surface area contributed by atoms with Crippen molar-refractivity contribution in [3.63, 3.8) is 0 Å². The number of nitrogens with one attached hydrogen (secondary N) is 1. The summed E-state index contributed by atoms with van der Waals surface area (Å²) in [6.45, 7) is 0.679. The molecule has 0 saturated heterocycles. The monoisotopic (exact) mass is 190 g/mol. The Hall–Kier alpha value is -0.470. The molecule has 0 aliphatic rings. The number of hydrogen-bond acceptors (Lipinski definition) is 2. The first kappa shape index (κ1) is 8.62. The summed E-state index contributed by atoms with van der Waals surface area (Å²) in [6.07, 6.45) is 1.68. The minimum atomic E-state index is 0.549. The van der Waals surface area contributed by atoms with Crippen LogP contribution >= 0.6 is 23.2 Å². The number of halogens is 2. The predicted molar refractivity (Wildman–Crippen MR) is 48.5 cm³/mol. The molecule has 0 aliphatic carbocycles. The Bertz CT molecular complexity index is 227. The molecule has 0 unspecified atom stereocenters. The Morgan fingerprint density at radius 2 is 2.36 bits per heavy atom. The Balaban J connectivity index is 2.62.